The molecule has 1 aromatic heterocycles. The Bertz CT molecular complexity index is 703. The van der Waals surface area contributed by atoms with Crippen LogP contribution in [0.3, 0.4) is 0 Å². The van der Waals surface area contributed by atoms with Crippen molar-refractivity contribution in [2.24, 2.45) is 0 Å². The summed E-state index contributed by atoms with van der Waals surface area (Å²) < 4.78 is 9.51. The van der Waals surface area contributed by atoms with Crippen molar-refractivity contribution in [2.75, 3.05) is 0 Å². The number of benzene rings is 2. The maximum Gasteiger partial charge on any atom is 0.431 e. The van der Waals surface area contributed by atoms with Gasteiger partial charge in [-0.25, -0.2) is 0 Å². The summed E-state index contributed by atoms with van der Waals surface area (Å²) in [6.45, 7) is 4.97. The predicted molar refractivity (Wildman–Crippen MR) is 83.3 cm³/mol. The Labute approximate surface area is 123 Å². The first kappa shape index (κ1) is 13.1. The molecule has 0 radical (unpaired) electrons. The molecule has 0 aliphatic carbocycles. The van der Waals surface area contributed by atoms with E-state index >= 15 is 0 Å². The number of thiazole rings is 1. The smallest absolute Gasteiger partial charge is 0.431 e. The average molecular weight is 284 g/mol. The van der Waals surface area contributed by atoms with Crippen LogP contribution in [0.15, 0.2) is 54.6 Å². The fraction of sp³-hybridized carbons (Fsp3) is 0.235. The van der Waals surface area contributed by atoms with Crippen LogP contribution < -0.4 is 9.30 Å². The maximum absolute atomic E-state index is 5.98. The van der Waals surface area contributed by atoms with Gasteiger partial charge in [0.15, 0.2) is 6.54 Å². The zero-order valence-electron chi connectivity index (χ0n) is 11.7. The van der Waals surface area contributed by atoms with E-state index in [1.54, 1.807) is 11.3 Å². The zero-order valence-corrected chi connectivity index (χ0v) is 12.6. The molecule has 0 saturated carbocycles. The highest BCUT2D eigenvalue weighted by Crippen LogP contribution is 2.27. The summed E-state index contributed by atoms with van der Waals surface area (Å²) in [5, 5.41) is 0.977. The Kier molecular flexibility index (Phi) is 3.70. The number of aromatic nitrogens is 1. The van der Waals surface area contributed by atoms with Crippen molar-refractivity contribution in [2.45, 2.75) is 26.5 Å². The lowest BCUT2D eigenvalue weighted by atomic mass is 10.2. The van der Waals surface area contributed by atoms with Gasteiger partial charge in [-0.1, -0.05) is 42.5 Å². The lowest BCUT2D eigenvalue weighted by Gasteiger charge is -2.05. The summed E-state index contributed by atoms with van der Waals surface area (Å²) in [6.07, 6.45) is 0.185. The van der Waals surface area contributed by atoms with Gasteiger partial charge in [0.2, 0.25) is 5.52 Å². The topological polar surface area (TPSA) is 13.1 Å². The van der Waals surface area contributed by atoms with Crippen LogP contribution in [0.5, 0.6) is 5.19 Å². The first-order valence-electron chi connectivity index (χ1n) is 6.86. The van der Waals surface area contributed by atoms with Gasteiger partial charge < -0.3 is 4.74 Å². The molecule has 3 aromatic rings. The molecule has 0 saturated heterocycles. The third-order valence-electron chi connectivity index (χ3n) is 3.09. The number of rotatable bonds is 4. The quantitative estimate of drug-likeness (QED) is 0.659. The highest BCUT2D eigenvalue weighted by Gasteiger charge is 2.22. The third-order valence-corrected chi connectivity index (χ3v) is 4.15. The van der Waals surface area contributed by atoms with Crippen LogP contribution in [0.1, 0.15) is 19.4 Å². The van der Waals surface area contributed by atoms with Crippen molar-refractivity contribution < 1.29 is 9.30 Å². The van der Waals surface area contributed by atoms with E-state index in [4.69, 9.17) is 4.74 Å². The Morgan fingerprint density at radius 1 is 1.00 bits per heavy atom. The number of para-hydroxylation sites is 1. The molecule has 0 aliphatic heterocycles. The standard InChI is InChI=1S/C17H18NOS/c1-13(2)19-17-18(12-14-8-4-3-5-9-14)15-10-6-7-11-16(15)20-17/h3-11,13H,12H2,1-2H3/q+1. The number of fused-ring (bicyclic) bond motifs is 1. The molecule has 3 rings (SSSR count). The number of hydrogen-bond donors (Lipinski definition) is 0. The summed E-state index contributed by atoms with van der Waals surface area (Å²) >= 11 is 1.71. The summed E-state index contributed by atoms with van der Waals surface area (Å²) in [7, 11) is 0. The van der Waals surface area contributed by atoms with Gasteiger partial charge in [0, 0.05) is 11.6 Å². The van der Waals surface area contributed by atoms with E-state index < -0.39 is 0 Å². The maximum atomic E-state index is 5.98. The lowest BCUT2D eigenvalue weighted by Crippen LogP contribution is -2.35. The molecule has 0 unspecified atom stereocenters. The molecule has 3 heteroatoms. The molecule has 2 aromatic carbocycles. The molecule has 0 bridgehead atoms. The van der Waals surface area contributed by atoms with E-state index in [0.717, 1.165) is 11.7 Å². The monoisotopic (exact) mass is 284 g/mol. The van der Waals surface area contributed by atoms with Gasteiger partial charge in [-0.15, -0.1) is 4.57 Å². The summed E-state index contributed by atoms with van der Waals surface area (Å²) in [4.78, 5) is 0. The van der Waals surface area contributed by atoms with Gasteiger partial charge in [0.25, 0.3) is 0 Å². The Hall–Kier alpha value is -1.87. The SMILES string of the molecule is CC(C)Oc1sc2ccccc2[n+]1Cc1ccccc1. The van der Waals surface area contributed by atoms with E-state index in [0.29, 0.717) is 0 Å². The Morgan fingerprint density at radius 3 is 2.45 bits per heavy atom. The fourth-order valence-corrected chi connectivity index (χ4v) is 3.35. The second-order valence-corrected chi connectivity index (χ2v) is 6.07. The van der Waals surface area contributed by atoms with Crippen LogP contribution in [-0.4, -0.2) is 6.10 Å². The molecular formula is C17H18NOS+. The van der Waals surface area contributed by atoms with Crippen molar-refractivity contribution in [1.82, 2.24) is 0 Å². The molecule has 1 heterocycles. The van der Waals surface area contributed by atoms with Gasteiger partial charge in [-0.2, -0.15) is 0 Å². The van der Waals surface area contributed by atoms with Gasteiger partial charge in [-0.05, 0) is 31.3 Å². The molecule has 0 amide bonds. The van der Waals surface area contributed by atoms with Crippen molar-refractivity contribution in [3.05, 3.63) is 60.2 Å². The van der Waals surface area contributed by atoms with E-state index in [2.05, 4.69) is 66.9 Å². The fourth-order valence-electron chi connectivity index (χ4n) is 2.22. The third kappa shape index (κ3) is 2.68. The lowest BCUT2D eigenvalue weighted by molar-refractivity contribution is -0.664. The van der Waals surface area contributed by atoms with Crippen LogP contribution in [0.25, 0.3) is 10.2 Å². The van der Waals surface area contributed by atoms with E-state index in [9.17, 15) is 0 Å². The molecule has 20 heavy (non-hydrogen) atoms. The largest absolute Gasteiger partial charge is 0.433 e. The van der Waals surface area contributed by atoms with E-state index in [1.807, 2.05) is 6.07 Å². The second-order valence-electron chi connectivity index (χ2n) is 5.07. The summed E-state index contributed by atoms with van der Waals surface area (Å²) in [6, 6.07) is 19.0. The predicted octanol–water partition coefficient (Wildman–Crippen LogP) is 4.02. The van der Waals surface area contributed by atoms with Gasteiger partial charge in [-0.3, -0.25) is 0 Å². The van der Waals surface area contributed by atoms with Crippen LogP contribution in [0, 0.1) is 0 Å². The highest BCUT2D eigenvalue weighted by molar-refractivity contribution is 7.19. The van der Waals surface area contributed by atoms with Gasteiger partial charge in [0.05, 0.1) is 0 Å². The highest BCUT2D eigenvalue weighted by atomic mass is 32.1. The van der Waals surface area contributed by atoms with E-state index in [-0.39, 0.29) is 6.10 Å². The molecule has 2 nitrogen and oxygen atoms in total. The summed E-state index contributed by atoms with van der Waals surface area (Å²) in [5.41, 5.74) is 2.52. The minimum absolute atomic E-state index is 0.185. The van der Waals surface area contributed by atoms with Crippen LogP contribution in [0.2, 0.25) is 0 Å². The molecule has 0 atom stereocenters. The van der Waals surface area contributed by atoms with Gasteiger partial charge >= 0.3 is 5.19 Å². The molecule has 102 valence electrons. The summed E-state index contributed by atoms with van der Waals surface area (Å²) in [5.74, 6) is 0. The number of ether oxygens (including phenoxy) is 1. The Morgan fingerprint density at radius 2 is 1.70 bits per heavy atom. The van der Waals surface area contributed by atoms with Crippen LogP contribution >= 0.6 is 11.3 Å². The molecule has 0 fully saturated rings. The van der Waals surface area contributed by atoms with Crippen molar-refractivity contribution in [1.29, 1.82) is 0 Å². The average Bonchev–Trinajstić information content (AvgIpc) is 2.77. The van der Waals surface area contributed by atoms with E-state index in [1.165, 1.54) is 15.8 Å². The zero-order chi connectivity index (χ0) is 13.9. The Balaban J connectivity index is 2.06. The first-order valence-corrected chi connectivity index (χ1v) is 7.67. The van der Waals surface area contributed by atoms with Crippen molar-refractivity contribution in [3.8, 4) is 5.19 Å². The van der Waals surface area contributed by atoms with Crippen LogP contribution in [0.4, 0.5) is 0 Å². The first-order chi connectivity index (χ1) is 9.74. The minimum atomic E-state index is 0.185. The van der Waals surface area contributed by atoms with Crippen molar-refractivity contribution >= 4 is 21.6 Å². The van der Waals surface area contributed by atoms with Crippen molar-refractivity contribution in [3.63, 3.8) is 0 Å². The minimum Gasteiger partial charge on any atom is -0.433 e. The molecule has 0 spiro atoms. The normalized spacial score (nSPS) is 11.2. The number of nitrogens with zero attached hydrogens (tertiary/aromatic N) is 1. The van der Waals surface area contributed by atoms with Crippen LogP contribution in [-0.2, 0) is 6.54 Å². The second kappa shape index (κ2) is 5.63. The molecule has 0 N–H and O–H groups in total. The molecular weight excluding hydrogens is 266 g/mol. The number of hydrogen-bond acceptors (Lipinski definition) is 2. The van der Waals surface area contributed by atoms with Gasteiger partial charge in [0.1, 0.15) is 10.8 Å². The molecule has 0 aliphatic rings.